The van der Waals surface area contributed by atoms with Crippen LogP contribution in [0, 0.1) is 17.1 Å². The summed E-state index contributed by atoms with van der Waals surface area (Å²) in [5.74, 6) is -1.58. The number of thiophene rings is 1. The van der Waals surface area contributed by atoms with Gasteiger partial charge in [-0.25, -0.2) is 9.18 Å². The molecule has 0 aliphatic heterocycles. The van der Waals surface area contributed by atoms with Gasteiger partial charge >= 0.3 is 5.97 Å². The molecule has 2 aromatic rings. The molecule has 0 saturated heterocycles. The highest BCUT2D eigenvalue weighted by molar-refractivity contribution is 7.20. The molecule has 1 aromatic carbocycles. The number of benzene rings is 1. The average Bonchev–Trinajstić information content (AvgIpc) is 3.21. The van der Waals surface area contributed by atoms with Crippen LogP contribution in [-0.4, -0.2) is 24.0 Å². The van der Waals surface area contributed by atoms with Crippen molar-refractivity contribution in [3.05, 3.63) is 35.0 Å². The summed E-state index contributed by atoms with van der Waals surface area (Å²) >= 11 is 1.11. The van der Waals surface area contributed by atoms with Crippen LogP contribution >= 0.6 is 11.3 Å². The number of ether oxygens (including phenoxy) is 1. The second kappa shape index (κ2) is 6.57. The van der Waals surface area contributed by atoms with Crippen LogP contribution in [0.25, 0.3) is 10.1 Å². The molecule has 0 bridgehead atoms. The molecule has 1 aliphatic rings. The lowest BCUT2D eigenvalue weighted by Gasteiger charge is -2.21. The number of nitriles is 1. The van der Waals surface area contributed by atoms with E-state index in [1.807, 2.05) is 0 Å². The largest absolute Gasteiger partial charge is 0.451 e. The second-order valence-corrected chi connectivity index (χ2v) is 6.87. The van der Waals surface area contributed by atoms with Gasteiger partial charge in [0.25, 0.3) is 5.91 Å². The molecule has 1 aromatic heterocycles. The normalized spacial score (nSPS) is 15.8. The van der Waals surface area contributed by atoms with E-state index in [4.69, 9.17) is 4.74 Å². The third kappa shape index (κ3) is 3.24. The minimum absolute atomic E-state index is 0.235. The summed E-state index contributed by atoms with van der Waals surface area (Å²) in [4.78, 5) is 24.2. The van der Waals surface area contributed by atoms with Crippen molar-refractivity contribution in [2.24, 2.45) is 0 Å². The molecular formula is C17H15FN2O3S. The number of nitrogens with zero attached hydrogens (tertiary/aromatic N) is 1. The van der Waals surface area contributed by atoms with Gasteiger partial charge in [0, 0.05) is 10.1 Å². The molecule has 0 atom stereocenters. The lowest BCUT2D eigenvalue weighted by Crippen LogP contribution is -2.46. The third-order valence-corrected chi connectivity index (χ3v) is 5.17. The molecule has 24 heavy (non-hydrogen) atoms. The zero-order valence-electron chi connectivity index (χ0n) is 12.8. The highest BCUT2D eigenvalue weighted by Gasteiger charge is 2.35. The molecule has 7 heteroatoms. The topological polar surface area (TPSA) is 79.2 Å². The standard InChI is InChI=1S/C17H15FN2O3S/c18-12-4-3-5-13-11(12)8-14(24-13)16(22)23-9-15(21)20-17(10-19)6-1-2-7-17/h3-5,8H,1-2,6-7,9H2,(H,20,21). The Balaban J connectivity index is 1.61. The first-order valence-corrected chi connectivity index (χ1v) is 8.42. The Morgan fingerprint density at radius 3 is 2.79 bits per heavy atom. The maximum Gasteiger partial charge on any atom is 0.348 e. The van der Waals surface area contributed by atoms with Crippen molar-refractivity contribution in [3.8, 4) is 6.07 Å². The molecule has 0 radical (unpaired) electrons. The van der Waals surface area contributed by atoms with Crippen molar-refractivity contribution in [2.45, 2.75) is 31.2 Å². The molecule has 3 rings (SSSR count). The number of nitrogens with one attached hydrogen (secondary N) is 1. The number of carbonyl (C=O) groups is 2. The van der Waals surface area contributed by atoms with Gasteiger partial charge < -0.3 is 10.1 Å². The van der Waals surface area contributed by atoms with Crippen molar-refractivity contribution in [2.75, 3.05) is 6.61 Å². The van der Waals surface area contributed by atoms with Gasteiger partial charge in [0.1, 0.15) is 16.2 Å². The van der Waals surface area contributed by atoms with E-state index < -0.39 is 29.8 Å². The Labute approximate surface area is 142 Å². The van der Waals surface area contributed by atoms with Gasteiger partial charge in [0.05, 0.1) is 6.07 Å². The van der Waals surface area contributed by atoms with E-state index in [2.05, 4.69) is 11.4 Å². The first-order chi connectivity index (χ1) is 11.5. The first-order valence-electron chi connectivity index (χ1n) is 7.60. The van der Waals surface area contributed by atoms with E-state index in [0.29, 0.717) is 22.9 Å². The van der Waals surface area contributed by atoms with Crippen molar-refractivity contribution >= 4 is 33.3 Å². The third-order valence-electron chi connectivity index (χ3n) is 4.09. The predicted molar refractivity (Wildman–Crippen MR) is 87.0 cm³/mol. The average molecular weight is 346 g/mol. The van der Waals surface area contributed by atoms with E-state index in [-0.39, 0.29) is 4.88 Å². The summed E-state index contributed by atoms with van der Waals surface area (Å²) in [5, 5.41) is 12.2. The molecule has 1 aliphatic carbocycles. The number of hydrogen-bond donors (Lipinski definition) is 1. The molecule has 0 spiro atoms. The molecule has 1 amide bonds. The quantitative estimate of drug-likeness (QED) is 0.863. The zero-order chi connectivity index (χ0) is 17.2. The fourth-order valence-corrected chi connectivity index (χ4v) is 3.84. The van der Waals surface area contributed by atoms with Crippen molar-refractivity contribution < 1.29 is 18.7 Å². The van der Waals surface area contributed by atoms with Crippen LogP contribution in [0.1, 0.15) is 35.4 Å². The van der Waals surface area contributed by atoms with Gasteiger partial charge in [0.15, 0.2) is 6.61 Å². The molecule has 5 nitrogen and oxygen atoms in total. The van der Waals surface area contributed by atoms with Crippen LogP contribution in [0.4, 0.5) is 4.39 Å². The Kier molecular flexibility index (Phi) is 4.49. The zero-order valence-corrected chi connectivity index (χ0v) is 13.6. The Morgan fingerprint density at radius 2 is 2.12 bits per heavy atom. The van der Waals surface area contributed by atoms with Crippen LogP contribution < -0.4 is 5.32 Å². The minimum atomic E-state index is -0.843. The minimum Gasteiger partial charge on any atom is -0.451 e. The van der Waals surface area contributed by atoms with E-state index >= 15 is 0 Å². The smallest absolute Gasteiger partial charge is 0.348 e. The van der Waals surface area contributed by atoms with E-state index in [9.17, 15) is 19.2 Å². The van der Waals surface area contributed by atoms with Gasteiger partial charge in [-0.2, -0.15) is 5.26 Å². The Morgan fingerprint density at radius 1 is 1.38 bits per heavy atom. The lowest BCUT2D eigenvalue weighted by atomic mass is 10.00. The van der Waals surface area contributed by atoms with Gasteiger partial charge in [-0.1, -0.05) is 6.07 Å². The lowest BCUT2D eigenvalue weighted by molar-refractivity contribution is -0.125. The summed E-state index contributed by atoms with van der Waals surface area (Å²) in [6.45, 7) is -0.459. The number of amides is 1. The monoisotopic (exact) mass is 346 g/mol. The SMILES string of the molecule is N#CC1(NC(=O)COC(=O)c2cc3c(F)cccc3s2)CCCC1. The van der Waals surface area contributed by atoms with Gasteiger partial charge in [-0.3, -0.25) is 4.79 Å². The van der Waals surface area contributed by atoms with Gasteiger partial charge in [0.2, 0.25) is 0 Å². The number of rotatable bonds is 4. The van der Waals surface area contributed by atoms with E-state index in [1.54, 1.807) is 12.1 Å². The van der Waals surface area contributed by atoms with Crippen LogP contribution in [0.3, 0.4) is 0 Å². The fraction of sp³-hybridized carbons (Fsp3) is 0.353. The molecule has 0 unspecified atom stereocenters. The van der Waals surface area contributed by atoms with Crippen LogP contribution in [-0.2, 0) is 9.53 Å². The Hall–Kier alpha value is -2.46. The second-order valence-electron chi connectivity index (χ2n) is 5.79. The molecular weight excluding hydrogens is 331 g/mol. The van der Waals surface area contributed by atoms with Gasteiger partial charge in [-0.05, 0) is 43.9 Å². The maximum absolute atomic E-state index is 13.6. The molecule has 1 heterocycles. The summed E-state index contributed by atoms with van der Waals surface area (Å²) in [5.41, 5.74) is -0.843. The van der Waals surface area contributed by atoms with E-state index in [1.165, 1.54) is 12.1 Å². The van der Waals surface area contributed by atoms with Crippen LogP contribution in [0.15, 0.2) is 24.3 Å². The summed E-state index contributed by atoms with van der Waals surface area (Å²) in [6.07, 6.45) is 3.00. The molecule has 124 valence electrons. The molecule has 1 fully saturated rings. The highest BCUT2D eigenvalue weighted by Crippen LogP contribution is 2.29. The number of esters is 1. The predicted octanol–water partition coefficient (Wildman–Crippen LogP) is 3.15. The van der Waals surface area contributed by atoms with Crippen molar-refractivity contribution in [1.82, 2.24) is 5.32 Å². The summed E-state index contributed by atoms with van der Waals surface area (Å²) in [7, 11) is 0. The molecule has 1 N–H and O–H groups in total. The van der Waals surface area contributed by atoms with Crippen molar-refractivity contribution in [3.63, 3.8) is 0 Å². The summed E-state index contributed by atoms with van der Waals surface area (Å²) in [6, 6.07) is 8.16. The van der Waals surface area contributed by atoms with Crippen LogP contribution in [0.5, 0.6) is 0 Å². The number of carbonyl (C=O) groups excluding carboxylic acids is 2. The molecule has 1 saturated carbocycles. The fourth-order valence-electron chi connectivity index (χ4n) is 2.87. The van der Waals surface area contributed by atoms with E-state index in [0.717, 1.165) is 24.2 Å². The van der Waals surface area contributed by atoms with Crippen molar-refractivity contribution in [1.29, 1.82) is 5.26 Å². The Bertz CT molecular complexity index is 834. The number of hydrogen-bond acceptors (Lipinski definition) is 5. The van der Waals surface area contributed by atoms with Gasteiger partial charge in [-0.15, -0.1) is 11.3 Å². The highest BCUT2D eigenvalue weighted by atomic mass is 32.1. The number of halogens is 1. The van der Waals surface area contributed by atoms with Crippen LogP contribution in [0.2, 0.25) is 0 Å². The number of fused-ring (bicyclic) bond motifs is 1. The summed E-state index contributed by atoms with van der Waals surface area (Å²) < 4.78 is 19.3. The maximum atomic E-state index is 13.6. The first kappa shape index (κ1) is 16.4.